The number of rotatable bonds is 2. The summed E-state index contributed by atoms with van der Waals surface area (Å²) in [6.07, 6.45) is 12.1. The number of hydrogen-bond donors (Lipinski definition) is 0. The van der Waals surface area contributed by atoms with Gasteiger partial charge in [-0.1, -0.05) is 44.9 Å². The number of fused-ring (bicyclic) bond motifs is 3. The molecule has 4 atom stereocenters. The summed E-state index contributed by atoms with van der Waals surface area (Å²) in [6.45, 7) is 5.10. The van der Waals surface area contributed by atoms with Crippen LogP contribution in [0.3, 0.4) is 0 Å². The highest BCUT2D eigenvalue weighted by Gasteiger charge is 2.54. The molecule has 0 spiro atoms. The minimum Gasteiger partial charge on any atom is -0.210 e. The Morgan fingerprint density at radius 1 is 0.857 bits per heavy atom. The van der Waals surface area contributed by atoms with Crippen LogP contribution in [0.4, 0.5) is 0 Å². The van der Waals surface area contributed by atoms with Gasteiger partial charge in [0.1, 0.15) is 0 Å². The van der Waals surface area contributed by atoms with Crippen molar-refractivity contribution in [1.82, 2.24) is 0 Å². The highest BCUT2D eigenvalue weighted by molar-refractivity contribution is 5.28. The molecular weight excluding hydrogens is 252 g/mol. The molecule has 1 aromatic rings. The van der Waals surface area contributed by atoms with Crippen molar-refractivity contribution >= 4 is 0 Å². The first-order chi connectivity index (χ1) is 10.2. The Labute approximate surface area is 130 Å². The van der Waals surface area contributed by atoms with E-state index in [0.29, 0.717) is 5.41 Å². The molecule has 0 radical (unpaired) electrons. The molecule has 1 aromatic carbocycles. The molecule has 0 saturated heterocycles. The SMILES string of the molecule is CC(C)(c1cc[cH-]c1)C1C2CCCCC2C2CCCCC21. The molecule has 0 heteroatoms. The third-order valence-electron chi connectivity index (χ3n) is 7.46. The van der Waals surface area contributed by atoms with Crippen molar-refractivity contribution in [2.24, 2.45) is 29.6 Å². The average Bonchev–Trinajstić information content (AvgIpc) is 3.14. The highest BCUT2D eigenvalue weighted by Crippen LogP contribution is 2.62. The first-order valence-corrected chi connectivity index (χ1v) is 9.42. The predicted octanol–water partition coefficient (Wildman–Crippen LogP) is 5.93. The molecule has 3 aliphatic carbocycles. The Balaban J connectivity index is 1.71. The minimum absolute atomic E-state index is 0.376. The summed E-state index contributed by atoms with van der Waals surface area (Å²) in [5, 5.41) is 0. The predicted molar refractivity (Wildman–Crippen MR) is 89.4 cm³/mol. The smallest absolute Gasteiger partial charge is 0.0352 e. The molecule has 0 bridgehead atoms. The van der Waals surface area contributed by atoms with Crippen LogP contribution in [0.1, 0.15) is 70.8 Å². The molecule has 0 aliphatic heterocycles. The van der Waals surface area contributed by atoms with Crippen LogP contribution < -0.4 is 0 Å². The Hall–Kier alpha value is -0.650. The molecular formula is C21H31-. The quantitative estimate of drug-likeness (QED) is 0.590. The van der Waals surface area contributed by atoms with E-state index >= 15 is 0 Å². The van der Waals surface area contributed by atoms with Gasteiger partial charge in [-0.2, -0.15) is 23.8 Å². The molecule has 21 heavy (non-hydrogen) atoms. The van der Waals surface area contributed by atoms with Crippen LogP contribution in [0, 0.1) is 29.6 Å². The molecule has 116 valence electrons. The standard InChI is InChI=1S/C21H31/c1-21(2,15-9-3-4-10-15)20-18-13-7-5-11-16(18)17-12-6-8-14-19(17)20/h3-4,9-10,16-20H,5-8,11-14H2,1-2H3/q-1. The zero-order chi connectivity index (χ0) is 14.4. The van der Waals surface area contributed by atoms with E-state index in [9.17, 15) is 0 Å². The van der Waals surface area contributed by atoms with Gasteiger partial charge in [0.05, 0.1) is 0 Å². The summed E-state index contributed by atoms with van der Waals surface area (Å²) < 4.78 is 0. The first-order valence-electron chi connectivity index (χ1n) is 9.42. The van der Waals surface area contributed by atoms with Gasteiger partial charge < -0.3 is 0 Å². The van der Waals surface area contributed by atoms with Gasteiger partial charge in [0, 0.05) is 0 Å². The summed E-state index contributed by atoms with van der Waals surface area (Å²) in [5.74, 6) is 5.13. The zero-order valence-corrected chi connectivity index (χ0v) is 13.9. The van der Waals surface area contributed by atoms with Crippen LogP contribution in [0.5, 0.6) is 0 Å². The van der Waals surface area contributed by atoms with E-state index in [1.54, 1.807) is 18.4 Å². The molecule has 0 heterocycles. The van der Waals surface area contributed by atoms with E-state index in [1.807, 2.05) is 0 Å². The monoisotopic (exact) mass is 283 g/mol. The van der Waals surface area contributed by atoms with Gasteiger partial charge in [-0.15, -0.1) is 0 Å². The van der Waals surface area contributed by atoms with Gasteiger partial charge >= 0.3 is 0 Å². The first kappa shape index (κ1) is 14.0. The second-order valence-corrected chi connectivity index (χ2v) is 8.65. The van der Waals surface area contributed by atoms with Crippen molar-refractivity contribution in [2.45, 2.75) is 70.6 Å². The van der Waals surface area contributed by atoms with E-state index < -0.39 is 0 Å². The third kappa shape index (κ3) is 2.13. The Kier molecular flexibility index (Phi) is 3.47. The molecule has 0 N–H and O–H groups in total. The van der Waals surface area contributed by atoms with E-state index in [1.165, 1.54) is 38.5 Å². The lowest BCUT2D eigenvalue weighted by Crippen LogP contribution is -2.37. The second kappa shape index (κ2) is 5.21. The Morgan fingerprint density at radius 3 is 1.86 bits per heavy atom. The largest absolute Gasteiger partial charge is 0.210 e. The van der Waals surface area contributed by atoms with Crippen LogP contribution in [0.25, 0.3) is 0 Å². The Morgan fingerprint density at radius 2 is 1.38 bits per heavy atom. The van der Waals surface area contributed by atoms with Gasteiger partial charge in [-0.05, 0) is 55.3 Å². The Bertz CT molecular complexity index is 444. The lowest BCUT2D eigenvalue weighted by Gasteiger charge is -2.45. The molecule has 4 unspecified atom stereocenters. The normalized spacial score (nSPS) is 39.8. The summed E-state index contributed by atoms with van der Waals surface area (Å²) >= 11 is 0. The molecule has 3 aliphatic rings. The topological polar surface area (TPSA) is 0 Å². The average molecular weight is 283 g/mol. The summed E-state index contributed by atoms with van der Waals surface area (Å²) in [7, 11) is 0. The molecule has 0 amide bonds. The van der Waals surface area contributed by atoms with Gasteiger partial charge in [-0.25, -0.2) is 6.07 Å². The molecule has 0 aromatic heterocycles. The van der Waals surface area contributed by atoms with Crippen molar-refractivity contribution in [3.05, 3.63) is 29.8 Å². The van der Waals surface area contributed by atoms with E-state index in [-0.39, 0.29) is 0 Å². The molecule has 4 rings (SSSR count). The summed E-state index contributed by atoms with van der Waals surface area (Å²) in [4.78, 5) is 0. The zero-order valence-electron chi connectivity index (χ0n) is 13.9. The van der Waals surface area contributed by atoms with E-state index in [2.05, 4.69) is 38.1 Å². The van der Waals surface area contributed by atoms with Crippen molar-refractivity contribution in [3.63, 3.8) is 0 Å². The lowest BCUT2D eigenvalue weighted by molar-refractivity contribution is 0.139. The van der Waals surface area contributed by atoms with Crippen LogP contribution in [-0.2, 0) is 5.41 Å². The van der Waals surface area contributed by atoms with Crippen LogP contribution in [0.15, 0.2) is 24.3 Å². The van der Waals surface area contributed by atoms with Crippen molar-refractivity contribution < 1.29 is 0 Å². The second-order valence-electron chi connectivity index (χ2n) is 8.65. The fraction of sp³-hybridized carbons (Fsp3) is 0.762. The van der Waals surface area contributed by atoms with Crippen LogP contribution in [0.2, 0.25) is 0 Å². The van der Waals surface area contributed by atoms with Gasteiger partial charge in [0.25, 0.3) is 0 Å². The maximum atomic E-state index is 2.55. The third-order valence-corrected chi connectivity index (χ3v) is 7.46. The lowest BCUT2D eigenvalue weighted by atomic mass is 9.62. The maximum absolute atomic E-state index is 2.55. The molecule has 3 saturated carbocycles. The van der Waals surface area contributed by atoms with Gasteiger partial charge in [-0.3, -0.25) is 0 Å². The fourth-order valence-electron chi connectivity index (χ4n) is 6.72. The maximum Gasteiger partial charge on any atom is -0.0352 e. The summed E-state index contributed by atoms with van der Waals surface area (Å²) in [5.41, 5.74) is 1.98. The van der Waals surface area contributed by atoms with Crippen molar-refractivity contribution in [2.75, 3.05) is 0 Å². The fourth-order valence-corrected chi connectivity index (χ4v) is 6.72. The minimum atomic E-state index is 0.376. The van der Waals surface area contributed by atoms with Gasteiger partial charge in [0.15, 0.2) is 0 Å². The number of hydrogen-bond acceptors (Lipinski definition) is 0. The molecule has 0 nitrogen and oxygen atoms in total. The molecule has 3 fully saturated rings. The van der Waals surface area contributed by atoms with E-state index in [0.717, 1.165) is 29.6 Å². The van der Waals surface area contributed by atoms with E-state index in [4.69, 9.17) is 0 Å². The van der Waals surface area contributed by atoms with Crippen molar-refractivity contribution in [1.29, 1.82) is 0 Å². The van der Waals surface area contributed by atoms with Crippen molar-refractivity contribution in [3.8, 4) is 0 Å². The van der Waals surface area contributed by atoms with Crippen LogP contribution >= 0.6 is 0 Å². The summed E-state index contributed by atoms with van der Waals surface area (Å²) in [6, 6.07) is 9.24. The highest BCUT2D eigenvalue weighted by atomic mass is 14.6. The van der Waals surface area contributed by atoms with Crippen LogP contribution in [-0.4, -0.2) is 0 Å². The van der Waals surface area contributed by atoms with Gasteiger partial charge in [0.2, 0.25) is 0 Å².